The standard InChI is InChI=1S/2C10H23O4P.Ca/c2*1-10(2)8-6-4-3-5-7-9-14-15(11,12)13;/h2*10H,3-9H2,1-2H3,(H2,11,12,13);/q;;+2/p-2. The fourth-order valence-corrected chi connectivity index (χ4v) is 3.45. The number of rotatable bonds is 18. The second kappa shape index (κ2) is 23.2. The Balaban J connectivity index is -0.000000490. The van der Waals surface area contributed by atoms with Crippen LogP contribution in [0.4, 0.5) is 0 Å². The normalized spacial score (nSPS) is 11.9. The molecule has 0 aliphatic carbocycles. The maximum Gasteiger partial charge on any atom is 2.00 e. The minimum absolute atomic E-state index is 0. The van der Waals surface area contributed by atoms with Crippen molar-refractivity contribution in [3.8, 4) is 0 Å². The minimum atomic E-state index is -4.74. The van der Waals surface area contributed by atoms with Gasteiger partial charge in [-0.2, -0.15) is 0 Å². The molecule has 0 radical (unpaired) electrons. The number of phosphoric ester groups is 2. The molecule has 0 atom stereocenters. The molecule has 0 spiro atoms. The van der Waals surface area contributed by atoms with E-state index >= 15 is 0 Å². The average molecular weight is 515 g/mol. The number of hydrogen-bond acceptors (Lipinski definition) is 6. The smallest absolute Gasteiger partial charge is 0.790 e. The van der Waals surface area contributed by atoms with Crippen molar-refractivity contribution in [2.45, 2.75) is 105 Å². The number of phosphoric acid groups is 2. The van der Waals surface area contributed by atoms with Gasteiger partial charge in [-0.15, -0.1) is 0 Å². The Morgan fingerprint density at radius 1 is 0.645 bits per heavy atom. The molecule has 0 aliphatic rings. The van der Waals surface area contributed by atoms with Crippen LogP contribution in [0.15, 0.2) is 0 Å². The molecule has 0 amide bonds. The molecule has 8 nitrogen and oxygen atoms in total. The largest absolute Gasteiger partial charge is 2.00 e. The molecule has 31 heavy (non-hydrogen) atoms. The van der Waals surface area contributed by atoms with Crippen LogP contribution in [0.5, 0.6) is 0 Å². The van der Waals surface area contributed by atoms with Gasteiger partial charge < -0.3 is 28.7 Å². The summed E-state index contributed by atoms with van der Waals surface area (Å²) in [6, 6.07) is 0. The molecule has 0 fully saturated rings. The van der Waals surface area contributed by atoms with Crippen LogP contribution in [0.2, 0.25) is 0 Å². The Bertz CT molecular complexity index is 424. The van der Waals surface area contributed by atoms with E-state index < -0.39 is 15.6 Å². The summed E-state index contributed by atoms with van der Waals surface area (Å²) >= 11 is 0. The van der Waals surface area contributed by atoms with Gasteiger partial charge in [0.05, 0.1) is 21.0 Å². The Labute approximate surface area is 219 Å². The van der Waals surface area contributed by atoms with Crippen molar-refractivity contribution in [1.29, 1.82) is 0 Å². The van der Waals surface area contributed by atoms with Crippen molar-refractivity contribution in [2.75, 3.05) is 13.2 Å². The van der Waals surface area contributed by atoms with Crippen molar-refractivity contribution in [2.24, 2.45) is 11.8 Å². The summed E-state index contributed by atoms with van der Waals surface area (Å²) in [5, 5.41) is 0. The number of hydrogen-bond donors (Lipinski definition) is 2. The van der Waals surface area contributed by atoms with Crippen LogP contribution in [0, 0.1) is 11.8 Å². The summed E-state index contributed by atoms with van der Waals surface area (Å²) in [7, 11) is -8.98. The van der Waals surface area contributed by atoms with Gasteiger partial charge in [0.15, 0.2) is 0 Å². The Morgan fingerprint density at radius 2 is 0.968 bits per heavy atom. The van der Waals surface area contributed by atoms with Crippen LogP contribution >= 0.6 is 15.6 Å². The maximum atomic E-state index is 10.3. The fraction of sp³-hybridized carbons (Fsp3) is 1.00. The zero-order chi connectivity index (χ0) is 23.5. The third-order valence-corrected chi connectivity index (χ3v) is 5.38. The van der Waals surface area contributed by atoms with Crippen LogP contribution in [0.3, 0.4) is 0 Å². The van der Waals surface area contributed by atoms with Gasteiger partial charge in [0.25, 0.3) is 0 Å². The maximum absolute atomic E-state index is 10.3. The van der Waals surface area contributed by atoms with E-state index in [1.54, 1.807) is 0 Å². The topological polar surface area (TPSA) is 139 Å². The van der Waals surface area contributed by atoms with E-state index in [2.05, 4.69) is 36.7 Å². The number of unbranched alkanes of at least 4 members (excludes halogenated alkanes) is 8. The van der Waals surface area contributed by atoms with Crippen LogP contribution in [0.25, 0.3) is 0 Å². The quantitative estimate of drug-likeness (QED) is 0.154. The van der Waals surface area contributed by atoms with Gasteiger partial charge in [-0.05, 0) is 24.7 Å². The molecule has 0 aromatic heterocycles. The molecular weight excluding hydrogens is 470 g/mol. The summed E-state index contributed by atoms with van der Waals surface area (Å²) < 4.78 is 28.9. The van der Waals surface area contributed by atoms with E-state index in [0.717, 1.165) is 43.9 Å². The van der Waals surface area contributed by atoms with E-state index in [1.807, 2.05) is 0 Å². The van der Waals surface area contributed by atoms with Gasteiger partial charge in [0, 0.05) is 0 Å². The SMILES string of the molecule is CC(C)CCCCCCCOP(=O)(O)O.CC(C)CCCCCCCOP(=O)([O-])[O-].[Ca+2]. The third-order valence-electron chi connectivity index (χ3n) is 4.36. The van der Waals surface area contributed by atoms with E-state index in [9.17, 15) is 18.9 Å². The molecule has 0 heterocycles. The molecule has 0 rings (SSSR count). The summed E-state index contributed by atoms with van der Waals surface area (Å²) in [5.41, 5.74) is 0. The van der Waals surface area contributed by atoms with Gasteiger partial charge in [-0.1, -0.05) is 91.9 Å². The second-order valence-electron chi connectivity index (χ2n) is 8.50. The van der Waals surface area contributed by atoms with Crippen molar-refractivity contribution < 1.29 is 37.8 Å². The fourth-order valence-electron chi connectivity index (χ4n) is 2.73. The minimum Gasteiger partial charge on any atom is -0.790 e. The molecule has 0 bridgehead atoms. The molecule has 2 N–H and O–H groups in total. The van der Waals surface area contributed by atoms with Gasteiger partial charge in [-0.25, -0.2) is 4.57 Å². The van der Waals surface area contributed by atoms with Crippen LogP contribution in [-0.4, -0.2) is 60.7 Å². The third kappa shape index (κ3) is 42.1. The summed E-state index contributed by atoms with van der Waals surface area (Å²) in [6.45, 7) is 9.03. The van der Waals surface area contributed by atoms with Crippen LogP contribution < -0.4 is 9.79 Å². The van der Waals surface area contributed by atoms with Crippen LogP contribution in [-0.2, 0) is 18.2 Å². The molecule has 11 heteroatoms. The molecule has 0 aromatic carbocycles. The first kappa shape index (κ1) is 37.0. The zero-order valence-electron chi connectivity index (χ0n) is 20.0. The Kier molecular flexibility index (Phi) is 27.8. The predicted molar refractivity (Wildman–Crippen MR) is 122 cm³/mol. The second-order valence-corrected chi connectivity index (χ2v) is 10.9. The van der Waals surface area contributed by atoms with Crippen molar-refractivity contribution >= 4 is 53.4 Å². The summed E-state index contributed by atoms with van der Waals surface area (Å²) in [5.74, 6) is 1.52. The molecule has 0 saturated carbocycles. The molecular formula is C20H44CaO8P2. The Hall–Kier alpha value is 1.48. The average Bonchev–Trinajstić information content (AvgIpc) is 2.58. The Morgan fingerprint density at radius 3 is 1.29 bits per heavy atom. The molecule has 0 aliphatic heterocycles. The molecule has 0 saturated heterocycles. The summed E-state index contributed by atoms with van der Waals surface area (Å²) in [4.78, 5) is 37.0. The summed E-state index contributed by atoms with van der Waals surface area (Å²) in [6.07, 6.45) is 12.8. The zero-order valence-corrected chi connectivity index (χ0v) is 24.0. The van der Waals surface area contributed by atoms with Crippen molar-refractivity contribution in [1.82, 2.24) is 0 Å². The van der Waals surface area contributed by atoms with E-state index in [0.29, 0.717) is 6.42 Å². The van der Waals surface area contributed by atoms with E-state index in [4.69, 9.17) is 9.79 Å². The first-order valence-corrected chi connectivity index (χ1v) is 14.2. The molecule has 0 unspecified atom stereocenters. The van der Waals surface area contributed by atoms with Gasteiger partial charge >= 0.3 is 45.6 Å². The first-order valence-electron chi connectivity index (χ1n) is 11.2. The molecule has 0 aromatic rings. The van der Waals surface area contributed by atoms with Crippen molar-refractivity contribution in [3.05, 3.63) is 0 Å². The first-order chi connectivity index (χ1) is 13.8. The van der Waals surface area contributed by atoms with Crippen LogP contribution in [0.1, 0.15) is 105 Å². The monoisotopic (exact) mass is 514 g/mol. The van der Waals surface area contributed by atoms with E-state index in [1.165, 1.54) is 38.5 Å². The van der Waals surface area contributed by atoms with Gasteiger partial charge in [-0.3, -0.25) is 4.52 Å². The van der Waals surface area contributed by atoms with E-state index in [-0.39, 0.29) is 51.0 Å². The van der Waals surface area contributed by atoms with Gasteiger partial charge in [0.2, 0.25) is 0 Å². The molecule has 184 valence electrons. The predicted octanol–water partition coefficient (Wildman–Crippen LogP) is 4.54. The van der Waals surface area contributed by atoms with Gasteiger partial charge in [0.1, 0.15) is 0 Å². The van der Waals surface area contributed by atoms with Crippen molar-refractivity contribution in [3.63, 3.8) is 0 Å².